The molecule has 0 heterocycles. The molecule has 0 amide bonds. The fraction of sp³-hybridized carbons (Fsp3) is 0.333. The van der Waals surface area contributed by atoms with Crippen molar-refractivity contribution < 1.29 is 4.74 Å². The van der Waals surface area contributed by atoms with Crippen LogP contribution in [0.4, 0.5) is 11.4 Å². The highest BCUT2D eigenvalue weighted by molar-refractivity contribution is 5.49. The van der Waals surface area contributed by atoms with Crippen LogP contribution in [0.1, 0.15) is 27.7 Å². The number of hydrogen-bond donors (Lipinski definition) is 2. The van der Waals surface area contributed by atoms with E-state index in [2.05, 4.69) is 38.3 Å². The summed E-state index contributed by atoms with van der Waals surface area (Å²) in [5.74, 6) is 1.68. The summed E-state index contributed by atoms with van der Waals surface area (Å²) < 4.78 is 5.84. The van der Waals surface area contributed by atoms with Crippen LogP contribution in [-0.2, 0) is 0 Å². The first-order chi connectivity index (χ1) is 10.0. The number of hydrogen-bond acceptors (Lipinski definition) is 3. The Kier molecular flexibility index (Phi) is 5.09. The smallest absolute Gasteiger partial charge is 0.127 e. The molecule has 0 aromatic heterocycles. The molecule has 0 saturated carbocycles. The molecule has 0 fully saturated rings. The Bertz CT molecular complexity index is 493. The van der Waals surface area contributed by atoms with Gasteiger partial charge in [0.1, 0.15) is 11.5 Å². The van der Waals surface area contributed by atoms with Gasteiger partial charge in [-0.05, 0) is 76.2 Å². The fourth-order valence-corrected chi connectivity index (χ4v) is 2.04. The van der Waals surface area contributed by atoms with Crippen molar-refractivity contribution in [3.05, 3.63) is 48.5 Å². The van der Waals surface area contributed by atoms with Gasteiger partial charge in [0.25, 0.3) is 0 Å². The molecule has 0 unspecified atom stereocenters. The van der Waals surface area contributed by atoms with Crippen LogP contribution in [0.3, 0.4) is 0 Å². The van der Waals surface area contributed by atoms with Gasteiger partial charge in [-0.2, -0.15) is 0 Å². The molecule has 0 radical (unpaired) electrons. The lowest BCUT2D eigenvalue weighted by Crippen LogP contribution is -2.09. The summed E-state index contributed by atoms with van der Waals surface area (Å²) in [6.07, 6.45) is 0. The zero-order valence-corrected chi connectivity index (χ0v) is 13.2. The maximum atomic E-state index is 5.84. The van der Waals surface area contributed by atoms with Crippen molar-refractivity contribution in [3.63, 3.8) is 0 Å². The van der Waals surface area contributed by atoms with Gasteiger partial charge >= 0.3 is 0 Å². The van der Waals surface area contributed by atoms with Crippen molar-refractivity contribution in [2.75, 3.05) is 10.6 Å². The zero-order valence-electron chi connectivity index (χ0n) is 13.2. The molecule has 112 valence electrons. The quantitative estimate of drug-likeness (QED) is 0.772. The third-order valence-electron chi connectivity index (χ3n) is 2.86. The topological polar surface area (TPSA) is 33.3 Å². The van der Waals surface area contributed by atoms with Gasteiger partial charge < -0.3 is 15.4 Å². The Morgan fingerprint density at radius 2 is 0.952 bits per heavy atom. The third kappa shape index (κ3) is 5.03. The molecule has 21 heavy (non-hydrogen) atoms. The average Bonchev–Trinajstić information content (AvgIpc) is 2.42. The van der Waals surface area contributed by atoms with E-state index in [0.29, 0.717) is 12.1 Å². The molecular weight excluding hydrogens is 260 g/mol. The van der Waals surface area contributed by atoms with Crippen LogP contribution < -0.4 is 15.4 Å². The molecule has 2 aromatic carbocycles. The van der Waals surface area contributed by atoms with Crippen LogP contribution in [0.5, 0.6) is 11.5 Å². The van der Waals surface area contributed by atoms with Crippen LogP contribution in [0.25, 0.3) is 0 Å². The first kappa shape index (κ1) is 15.2. The second-order valence-corrected chi connectivity index (χ2v) is 5.75. The molecule has 0 aliphatic rings. The summed E-state index contributed by atoms with van der Waals surface area (Å²) in [4.78, 5) is 0. The van der Waals surface area contributed by atoms with E-state index in [1.165, 1.54) is 0 Å². The Labute approximate surface area is 127 Å². The molecular formula is C18H24N2O. The van der Waals surface area contributed by atoms with E-state index in [1.54, 1.807) is 0 Å². The minimum absolute atomic E-state index is 0.428. The number of ether oxygens (including phenoxy) is 1. The molecule has 0 atom stereocenters. The number of nitrogens with one attached hydrogen (secondary N) is 2. The van der Waals surface area contributed by atoms with Gasteiger partial charge in [-0.15, -0.1) is 0 Å². The predicted molar refractivity (Wildman–Crippen MR) is 90.5 cm³/mol. The highest BCUT2D eigenvalue weighted by Gasteiger charge is 2.00. The van der Waals surface area contributed by atoms with Crippen LogP contribution in [0, 0.1) is 0 Å². The molecule has 3 nitrogen and oxygen atoms in total. The van der Waals surface area contributed by atoms with Gasteiger partial charge in [-0.3, -0.25) is 0 Å². The van der Waals surface area contributed by atoms with Crippen LogP contribution in [0.15, 0.2) is 48.5 Å². The fourth-order valence-electron chi connectivity index (χ4n) is 2.04. The van der Waals surface area contributed by atoms with Gasteiger partial charge in [0.15, 0.2) is 0 Å². The molecule has 0 bridgehead atoms. The average molecular weight is 284 g/mol. The Morgan fingerprint density at radius 1 is 0.619 bits per heavy atom. The molecule has 2 aromatic rings. The first-order valence-corrected chi connectivity index (χ1v) is 7.44. The van der Waals surface area contributed by atoms with Crippen molar-refractivity contribution in [2.24, 2.45) is 0 Å². The van der Waals surface area contributed by atoms with Gasteiger partial charge in [0.05, 0.1) is 0 Å². The molecule has 2 N–H and O–H groups in total. The van der Waals surface area contributed by atoms with Crippen LogP contribution in [-0.4, -0.2) is 12.1 Å². The van der Waals surface area contributed by atoms with E-state index in [1.807, 2.05) is 48.5 Å². The molecule has 0 saturated heterocycles. The second kappa shape index (κ2) is 7.02. The first-order valence-electron chi connectivity index (χ1n) is 7.44. The van der Waals surface area contributed by atoms with E-state index in [4.69, 9.17) is 4.74 Å². The Morgan fingerprint density at radius 3 is 1.24 bits per heavy atom. The van der Waals surface area contributed by atoms with Crippen molar-refractivity contribution in [1.82, 2.24) is 0 Å². The minimum Gasteiger partial charge on any atom is -0.457 e. The molecule has 0 aliphatic heterocycles. The summed E-state index contributed by atoms with van der Waals surface area (Å²) in [6, 6.07) is 16.9. The summed E-state index contributed by atoms with van der Waals surface area (Å²) in [7, 11) is 0. The van der Waals surface area contributed by atoms with Crippen molar-refractivity contribution in [3.8, 4) is 11.5 Å². The number of benzene rings is 2. The van der Waals surface area contributed by atoms with E-state index in [9.17, 15) is 0 Å². The summed E-state index contributed by atoms with van der Waals surface area (Å²) in [5.41, 5.74) is 2.21. The largest absolute Gasteiger partial charge is 0.457 e. The second-order valence-electron chi connectivity index (χ2n) is 5.75. The molecule has 2 rings (SSSR count). The van der Waals surface area contributed by atoms with Gasteiger partial charge in [-0.1, -0.05) is 0 Å². The van der Waals surface area contributed by atoms with E-state index < -0.39 is 0 Å². The molecule has 3 heteroatoms. The highest BCUT2D eigenvalue weighted by Crippen LogP contribution is 2.24. The third-order valence-corrected chi connectivity index (χ3v) is 2.86. The monoisotopic (exact) mass is 284 g/mol. The van der Waals surface area contributed by atoms with Gasteiger partial charge in [0.2, 0.25) is 0 Å². The van der Waals surface area contributed by atoms with Crippen LogP contribution in [0.2, 0.25) is 0 Å². The predicted octanol–water partition coefficient (Wildman–Crippen LogP) is 5.12. The van der Waals surface area contributed by atoms with E-state index in [-0.39, 0.29) is 0 Å². The lowest BCUT2D eigenvalue weighted by molar-refractivity contribution is 0.483. The van der Waals surface area contributed by atoms with Crippen molar-refractivity contribution in [2.45, 2.75) is 39.8 Å². The standard InChI is InChI=1S/C18H24N2O/c1-13(2)19-15-5-9-17(10-6-15)21-18-11-7-16(8-12-18)20-14(3)4/h5-14,19-20H,1-4H3. The van der Waals surface area contributed by atoms with Gasteiger partial charge in [0, 0.05) is 23.5 Å². The normalized spacial score (nSPS) is 10.8. The zero-order chi connectivity index (χ0) is 15.2. The number of rotatable bonds is 6. The minimum atomic E-state index is 0.428. The lowest BCUT2D eigenvalue weighted by Gasteiger charge is -2.12. The molecule has 0 spiro atoms. The SMILES string of the molecule is CC(C)Nc1ccc(Oc2ccc(NC(C)C)cc2)cc1. The maximum absolute atomic E-state index is 5.84. The van der Waals surface area contributed by atoms with Crippen molar-refractivity contribution in [1.29, 1.82) is 0 Å². The number of anilines is 2. The van der Waals surface area contributed by atoms with Crippen LogP contribution >= 0.6 is 0 Å². The van der Waals surface area contributed by atoms with Crippen molar-refractivity contribution >= 4 is 11.4 Å². The Balaban J connectivity index is 1.97. The summed E-state index contributed by atoms with van der Waals surface area (Å²) in [5, 5.41) is 6.72. The van der Waals surface area contributed by atoms with Gasteiger partial charge in [-0.25, -0.2) is 0 Å². The lowest BCUT2D eigenvalue weighted by atomic mass is 10.2. The highest BCUT2D eigenvalue weighted by atomic mass is 16.5. The van der Waals surface area contributed by atoms with E-state index >= 15 is 0 Å². The summed E-state index contributed by atoms with van der Waals surface area (Å²) in [6.45, 7) is 8.49. The maximum Gasteiger partial charge on any atom is 0.127 e. The summed E-state index contributed by atoms with van der Waals surface area (Å²) >= 11 is 0. The Hall–Kier alpha value is -2.16. The van der Waals surface area contributed by atoms with E-state index in [0.717, 1.165) is 22.9 Å². The molecule has 0 aliphatic carbocycles.